The van der Waals surface area contributed by atoms with E-state index in [1.807, 2.05) is 59.1 Å². The number of nitriles is 1. The molecule has 3 heteroatoms. The number of aromatic nitrogens is 2. The maximum absolute atomic E-state index is 9.26. The van der Waals surface area contributed by atoms with Crippen molar-refractivity contribution in [2.75, 3.05) is 0 Å². The van der Waals surface area contributed by atoms with Crippen LogP contribution in [0.25, 0.3) is 16.9 Å². The lowest BCUT2D eigenvalue weighted by atomic mass is 10.1. The molecular weight excluding hydrogens is 210 g/mol. The molecule has 0 amide bonds. The van der Waals surface area contributed by atoms with Crippen molar-refractivity contribution in [3.63, 3.8) is 0 Å². The highest BCUT2D eigenvalue weighted by Gasteiger charge is 2.12. The minimum absolute atomic E-state index is 0.576. The molecule has 0 aliphatic heterocycles. The minimum atomic E-state index is 0.576. The Balaban J connectivity index is 2.35. The van der Waals surface area contributed by atoms with E-state index in [0.29, 0.717) is 5.69 Å². The Morgan fingerprint density at radius 3 is 2.53 bits per heavy atom. The molecule has 3 aromatic rings. The first-order chi connectivity index (χ1) is 8.40. The van der Waals surface area contributed by atoms with Gasteiger partial charge in [-0.3, -0.25) is 4.40 Å². The van der Waals surface area contributed by atoms with Gasteiger partial charge in [-0.1, -0.05) is 36.4 Å². The van der Waals surface area contributed by atoms with Crippen LogP contribution in [0.15, 0.2) is 54.7 Å². The Kier molecular flexibility index (Phi) is 2.13. The average Bonchev–Trinajstić information content (AvgIpc) is 2.78. The second-order valence-corrected chi connectivity index (χ2v) is 3.72. The van der Waals surface area contributed by atoms with E-state index in [4.69, 9.17) is 0 Å². The third-order valence-corrected chi connectivity index (χ3v) is 2.68. The Bertz CT molecular complexity index is 705. The Hall–Kier alpha value is -2.60. The number of pyridine rings is 1. The van der Waals surface area contributed by atoms with Crippen molar-refractivity contribution in [1.82, 2.24) is 9.38 Å². The minimum Gasteiger partial charge on any atom is -0.291 e. The van der Waals surface area contributed by atoms with Crippen LogP contribution in [0.3, 0.4) is 0 Å². The zero-order chi connectivity index (χ0) is 11.7. The van der Waals surface area contributed by atoms with Crippen LogP contribution in [0.5, 0.6) is 0 Å². The number of rotatable bonds is 1. The average molecular weight is 219 g/mol. The van der Waals surface area contributed by atoms with Gasteiger partial charge in [-0.05, 0) is 12.1 Å². The summed E-state index contributed by atoms with van der Waals surface area (Å²) in [5.41, 5.74) is 3.07. The van der Waals surface area contributed by atoms with Gasteiger partial charge in [0, 0.05) is 11.8 Å². The van der Waals surface area contributed by atoms with E-state index in [2.05, 4.69) is 11.1 Å². The fourth-order valence-corrected chi connectivity index (χ4v) is 1.90. The van der Waals surface area contributed by atoms with Crippen molar-refractivity contribution in [2.45, 2.75) is 0 Å². The molecule has 0 atom stereocenters. The molecule has 1 aromatic carbocycles. The number of hydrogen-bond donors (Lipinski definition) is 0. The van der Waals surface area contributed by atoms with Gasteiger partial charge in [0.05, 0.1) is 0 Å². The van der Waals surface area contributed by atoms with E-state index in [-0.39, 0.29) is 0 Å². The first-order valence-corrected chi connectivity index (χ1v) is 5.33. The Morgan fingerprint density at radius 1 is 1.00 bits per heavy atom. The lowest BCUT2D eigenvalue weighted by Gasteiger charge is -1.96. The van der Waals surface area contributed by atoms with Gasteiger partial charge in [-0.15, -0.1) is 0 Å². The summed E-state index contributed by atoms with van der Waals surface area (Å²) in [5, 5.41) is 9.26. The Morgan fingerprint density at radius 2 is 1.76 bits per heavy atom. The van der Waals surface area contributed by atoms with Gasteiger partial charge in [0.1, 0.15) is 17.4 Å². The number of fused-ring (bicyclic) bond motifs is 1. The van der Waals surface area contributed by atoms with Gasteiger partial charge in [0.25, 0.3) is 0 Å². The second-order valence-electron chi connectivity index (χ2n) is 3.72. The van der Waals surface area contributed by atoms with Crippen LogP contribution < -0.4 is 0 Å². The summed E-state index contributed by atoms with van der Waals surface area (Å²) < 4.78 is 1.81. The van der Waals surface area contributed by atoms with Gasteiger partial charge in [-0.25, -0.2) is 4.98 Å². The zero-order valence-corrected chi connectivity index (χ0v) is 9.04. The number of nitrogens with zero attached hydrogens (tertiary/aromatic N) is 3. The monoisotopic (exact) mass is 219 g/mol. The van der Waals surface area contributed by atoms with Gasteiger partial charge in [-0.2, -0.15) is 5.26 Å². The maximum Gasteiger partial charge on any atom is 0.152 e. The summed E-state index contributed by atoms with van der Waals surface area (Å²) in [7, 11) is 0. The van der Waals surface area contributed by atoms with Crippen LogP contribution in [0.4, 0.5) is 0 Å². The largest absolute Gasteiger partial charge is 0.291 e. The molecule has 3 nitrogen and oxygen atoms in total. The van der Waals surface area contributed by atoms with Crippen molar-refractivity contribution in [3.8, 4) is 17.3 Å². The van der Waals surface area contributed by atoms with Crippen LogP contribution in [0.1, 0.15) is 5.69 Å². The molecule has 0 radical (unpaired) electrons. The van der Waals surface area contributed by atoms with Crippen molar-refractivity contribution >= 4 is 5.65 Å². The highest BCUT2D eigenvalue weighted by molar-refractivity contribution is 5.69. The van der Waals surface area contributed by atoms with Crippen LogP contribution in [-0.4, -0.2) is 9.38 Å². The van der Waals surface area contributed by atoms with Crippen molar-refractivity contribution in [1.29, 1.82) is 5.26 Å². The van der Waals surface area contributed by atoms with Gasteiger partial charge < -0.3 is 0 Å². The van der Waals surface area contributed by atoms with Crippen molar-refractivity contribution in [3.05, 3.63) is 60.4 Å². The SMILES string of the molecule is N#Cc1c(-c2ccccc2)nc2ccccn12. The van der Waals surface area contributed by atoms with Gasteiger partial charge in [0.2, 0.25) is 0 Å². The summed E-state index contributed by atoms with van der Waals surface area (Å²) in [5.74, 6) is 0. The molecule has 0 aliphatic rings. The van der Waals surface area contributed by atoms with E-state index in [1.54, 1.807) is 0 Å². The summed E-state index contributed by atoms with van der Waals surface area (Å²) in [6.45, 7) is 0. The predicted molar refractivity (Wildman–Crippen MR) is 65.3 cm³/mol. The smallest absolute Gasteiger partial charge is 0.152 e. The maximum atomic E-state index is 9.26. The molecule has 17 heavy (non-hydrogen) atoms. The van der Waals surface area contributed by atoms with Gasteiger partial charge in [0.15, 0.2) is 5.69 Å². The molecule has 0 unspecified atom stereocenters. The third-order valence-electron chi connectivity index (χ3n) is 2.68. The molecule has 0 N–H and O–H groups in total. The van der Waals surface area contributed by atoms with E-state index >= 15 is 0 Å². The van der Waals surface area contributed by atoms with Crippen LogP contribution in [0.2, 0.25) is 0 Å². The summed E-state index contributed by atoms with van der Waals surface area (Å²) >= 11 is 0. The first-order valence-electron chi connectivity index (χ1n) is 5.33. The normalized spacial score (nSPS) is 10.3. The number of benzene rings is 1. The number of hydrogen-bond acceptors (Lipinski definition) is 2. The third kappa shape index (κ3) is 1.47. The fourth-order valence-electron chi connectivity index (χ4n) is 1.90. The molecule has 0 bridgehead atoms. The predicted octanol–water partition coefficient (Wildman–Crippen LogP) is 2.87. The highest BCUT2D eigenvalue weighted by atomic mass is 15.0. The first kappa shape index (κ1) is 9.61. The molecule has 0 aliphatic carbocycles. The van der Waals surface area contributed by atoms with Crippen molar-refractivity contribution in [2.24, 2.45) is 0 Å². The molecule has 0 fully saturated rings. The zero-order valence-electron chi connectivity index (χ0n) is 9.04. The second kappa shape index (κ2) is 3.76. The number of imidazole rings is 1. The van der Waals surface area contributed by atoms with Gasteiger partial charge >= 0.3 is 0 Å². The molecule has 0 saturated heterocycles. The van der Waals surface area contributed by atoms with Crippen LogP contribution >= 0.6 is 0 Å². The molecule has 3 rings (SSSR count). The lowest BCUT2D eigenvalue weighted by Crippen LogP contribution is -1.87. The van der Waals surface area contributed by atoms with E-state index < -0.39 is 0 Å². The summed E-state index contributed by atoms with van der Waals surface area (Å²) in [4.78, 5) is 4.49. The van der Waals surface area contributed by atoms with E-state index in [0.717, 1.165) is 16.9 Å². The molecule has 2 aromatic heterocycles. The standard InChI is InChI=1S/C14H9N3/c15-10-12-14(11-6-2-1-3-7-11)16-13-8-4-5-9-17(12)13/h1-9H. The lowest BCUT2D eigenvalue weighted by molar-refractivity contribution is 1.15. The van der Waals surface area contributed by atoms with E-state index in [1.165, 1.54) is 0 Å². The quantitative estimate of drug-likeness (QED) is 0.631. The molecule has 2 heterocycles. The molecule has 80 valence electrons. The summed E-state index contributed by atoms with van der Waals surface area (Å²) in [6.07, 6.45) is 1.85. The summed E-state index contributed by atoms with van der Waals surface area (Å²) in [6, 6.07) is 17.7. The molecule has 0 saturated carbocycles. The fraction of sp³-hybridized carbons (Fsp3) is 0. The highest BCUT2D eigenvalue weighted by Crippen LogP contribution is 2.23. The van der Waals surface area contributed by atoms with Crippen LogP contribution in [0, 0.1) is 11.3 Å². The van der Waals surface area contributed by atoms with E-state index in [9.17, 15) is 5.26 Å². The molecule has 0 spiro atoms. The molecular formula is C14H9N3. The topological polar surface area (TPSA) is 41.1 Å². The van der Waals surface area contributed by atoms with Crippen LogP contribution in [-0.2, 0) is 0 Å². The van der Waals surface area contributed by atoms with Crippen molar-refractivity contribution < 1.29 is 0 Å². The Labute approximate surface area is 98.6 Å².